The van der Waals surface area contributed by atoms with E-state index < -0.39 is 0 Å². The molecule has 3 heterocycles. The number of amides is 1. The average molecular weight is 395 g/mol. The largest absolute Gasteiger partial charge is 0.395 e. The zero-order valence-corrected chi connectivity index (χ0v) is 16.9. The second-order valence-electron chi connectivity index (χ2n) is 8.43. The van der Waals surface area contributed by atoms with Crippen LogP contribution < -0.4 is 0 Å². The minimum atomic E-state index is -0.208. The van der Waals surface area contributed by atoms with Crippen LogP contribution in [-0.2, 0) is 16.8 Å². The van der Waals surface area contributed by atoms with E-state index in [1.54, 1.807) is 6.20 Å². The highest BCUT2D eigenvalue weighted by atomic mass is 16.3. The van der Waals surface area contributed by atoms with Gasteiger partial charge in [0.15, 0.2) is 0 Å². The van der Waals surface area contributed by atoms with E-state index in [9.17, 15) is 9.90 Å². The van der Waals surface area contributed by atoms with Crippen molar-refractivity contribution in [2.75, 3.05) is 32.8 Å². The Morgan fingerprint density at radius 1 is 1.03 bits per heavy atom. The lowest BCUT2D eigenvalue weighted by Gasteiger charge is -2.43. The molecular formula is C23H30N4O2. The van der Waals surface area contributed by atoms with Crippen molar-refractivity contribution in [3.05, 3.63) is 59.9 Å². The third-order valence-electron chi connectivity index (χ3n) is 6.71. The van der Waals surface area contributed by atoms with Crippen LogP contribution in [0.2, 0.25) is 0 Å². The third-order valence-corrected chi connectivity index (χ3v) is 6.71. The molecule has 1 amide bonds. The van der Waals surface area contributed by atoms with Gasteiger partial charge in [0.1, 0.15) is 0 Å². The van der Waals surface area contributed by atoms with Crippen LogP contribution in [0.3, 0.4) is 0 Å². The Labute approximate surface area is 172 Å². The molecule has 0 spiro atoms. The molecule has 0 saturated carbocycles. The summed E-state index contributed by atoms with van der Waals surface area (Å²) in [5, 5.41) is 17.9. The van der Waals surface area contributed by atoms with Crippen LogP contribution in [0.15, 0.2) is 48.8 Å². The monoisotopic (exact) mass is 394 g/mol. The number of benzene rings is 1. The van der Waals surface area contributed by atoms with Crippen LogP contribution in [0, 0.1) is 5.92 Å². The fraction of sp³-hybridized carbons (Fsp3) is 0.522. The van der Waals surface area contributed by atoms with Crippen LogP contribution in [0.4, 0.5) is 0 Å². The Morgan fingerprint density at radius 3 is 2.38 bits per heavy atom. The van der Waals surface area contributed by atoms with Gasteiger partial charge in [0, 0.05) is 37.2 Å². The number of piperidine rings is 2. The van der Waals surface area contributed by atoms with Crippen LogP contribution in [0.25, 0.3) is 0 Å². The van der Waals surface area contributed by atoms with Crippen LogP contribution >= 0.6 is 0 Å². The number of hydrogen-bond donors (Lipinski definition) is 1. The lowest BCUT2D eigenvalue weighted by Crippen LogP contribution is -2.49. The Kier molecular flexibility index (Phi) is 6.21. The van der Waals surface area contributed by atoms with E-state index in [4.69, 9.17) is 0 Å². The Balaban J connectivity index is 1.29. The second kappa shape index (κ2) is 9.01. The summed E-state index contributed by atoms with van der Waals surface area (Å²) in [4.78, 5) is 17.5. The topological polar surface area (TPSA) is 69.6 Å². The van der Waals surface area contributed by atoms with Crippen molar-refractivity contribution in [3.8, 4) is 0 Å². The standard InChI is InChI=1S/C23H30N4O2/c28-18-23(21-4-2-1-3-5-21)9-14-27(15-10-23)22(29)20-7-12-26(13-8-20)17-19-6-11-24-25-16-19/h1-6,11,16,20,28H,7-10,12-15,17-18H2. The molecule has 0 atom stereocenters. The summed E-state index contributed by atoms with van der Waals surface area (Å²) >= 11 is 0. The fourth-order valence-electron chi connectivity index (χ4n) is 4.75. The molecule has 2 aliphatic heterocycles. The predicted octanol–water partition coefficient (Wildman–Crippen LogP) is 2.24. The average Bonchev–Trinajstić information content (AvgIpc) is 2.80. The van der Waals surface area contributed by atoms with Crippen molar-refractivity contribution in [1.82, 2.24) is 20.0 Å². The first-order valence-corrected chi connectivity index (χ1v) is 10.6. The third kappa shape index (κ3) is 4.49. The number of carbonyl (C=O) groups is 1. The van der Waals surface area contributed by atoms with Gasteiger partial charge in [-0.15, -0.1) is 0 Å². The Bertz CT molecular complexity index is 783. The normalized spacial score (nSPS) is 20.5. The molecule has 0 unspecified atom stereocenters. The summed E-state index contributed by atoms with van der Waals surface area (Å²) in [5.74, 6) is 0.426. The summed E-state index contributed by atoms with van der Waals surface area (Å²) in [7, 11) is 0. The van der Waals surface area contributed by atoms with Crippen LogP contribution in [-0.4, -0.2) is 63.8 Å². The van der Waals surface area contributed by atoms with Gasteiger partial charge in [0.05, 0.1) is 12.8 Å². The number of likely N-dealkylation sites (tertiary alicyclic amines) is 2. The van der Waals surface area contributed by atoms with Crippen molar-refractivity contribution in [3.63, 3.8) is 0 Å². The number of carbonyl (C=O) groups excluding carboxylic acids is 1. The molecule has 2 aliphatic rings. The van der Waals surface area contributed by atoms with E-state index in [0.717, 1.165) is 58.4 Å². The van der Waals surface area contributed by atoms with E-state index in [2.05, 4.69) is 27.2 Å². The molecule has 1 N–H and O–H groups in total. The first-order valence-electron chi connectivity index (χ1n) is 10.6. The van der Waals surface area contributed by atoms with E-state index in [1.165, 1.54) is 11.1 Å². The maximum atomic E-state index is 13.1. The first-order chi connectivity index (χ1) is 14.2. The maximum absolute atomic E-state index is 13.1. The fourth-order valence-corrected chi connectivity index (χ4v) is 4.75. The lowest BCUT2D eigenvalue weighted by atomic mass is 9.73. The summed E-state index contributed by atoms with van der Waals surface area (Å²) in [5.41, 5.74) is 2.15. The Hall–Kier alpha value is -2.31. The highest BCUT2D eigenvalue weighted by Gasteiger charge is 2.38. The van der Waals surface area contributed by atoms with Gasteiger partial charge in [-0.05, 0) is 56.0 Å². The van der Waals surface area contributed by atoms with E-state index in [-0.39, 0.29) is 17.9 Å². The summed E-state index contributed by atoms with van der Waals surface area (Å²) in [6, 6.07) is 12.3. The minimum Gasteiger partial charge on any atom is -0.395 e. The number of aliphatic hydroxyl groups is 1. The zero-order chi connectivity index (χ0) is 20.1. The number of nitrogens with zero attached hydrogens (tertiary/aromatic N) is 4. The van der Waals surface area contributed by atoms with E-state index >= 15 is 0 Å². The molecule has 1 aromatic carbocycles. The first kappa shape index (κ1) is 20.0. The number of rotatable bonds is 5. The number of aliphatic hydroxyl groups excluding tert-OH is 1. The van der Waals surface area contributed by atoms with Crippen LogP contribution in [0.1, 0.15) is 36.8 Å². The number of aromatic nitrogens is 2. The number of hydrogen-bond acceptors (Lipinski definition) is 5. The lowest BCUT2D eigenvalue weighted by molar-refractivity contribution is -0.139. The molecule has 2 fully saturated rings. The molecule has 0 aliphatic carbocycles. The Morgan fingerprint density at radius 2 is 1.76 bits per heavy atom. The molecule has 29 heavy (non-hydrogen) atoms. The molecule has 6 nitrogen and oxygen atoms in total. The van der Waals surface area contributed by atoms with Gasteiger partial charge in [-0.25, -0.2) is 0 Å². The van der Waals surface area contributed by atoms with E-state index in [0.29, 0.717) is 5.91 Å². The highest BCUT2D eigenvalue weighted by molar-refractivity contribution is 5.79. The molecule has 6 heteroatoms. The smallest absolute Gasteiger partial charge is 0.225 e. The summed E-state index contributed by atoms with van der Waals surface area (Å²) < 4.78 is 0. The van der Waals surface area contributed by atoms with E-state index in [1.807, 2.05) is 35.4 Å². The quantitative estimate of drug-likeness (QED) is 0.842. The van der Waals surface area contributed by atoms with Crippen molar-refractivity contribution in [2.24, 2.45) is 5.92 Å². The van der Waals surface area contributed by atoms with Crippen molar-refractivity contribution in [2.45, 2.75) is 37.6 Å². The van der Waals surface area contributed by atoms with Crippen LogP contribution in [0.5, 0.6) is 0 Å². The highest BCUT2D eigenvalue weighted by Crippen LogP contribution is 2.36. The van der Waals surface area contributed by atoms with Gasteiger partial charge in [-0.3, -0.25) is 9.69 Å². The van der Waals surface area contributed by atoms with Crippen molar-refractivity contribution >= 4 is 5.91 Å². The van der Waals surface area contributed by atoms with Crippen molar-refractivity contribution < 1.29 is 9.90 Å². The SMILES string of the molecule is O=C(C1CCN(Cc2ccnnc2)CC1)N1CCC(CO)(c2ccccc2)CC1. The predicted molar refractivity (Wildman–Crippen MR) is 111 cm³/mol. The summed E-state index contributed by atoms with van der Waals surface area (Å²) in [6.45, 7) is 4.36. The molecule has 2 aromatic rings. The van der Waals surface area contributed by atoms with Gasteiger partial charge in [0.25, 0.3) is 0 Å². The van der Waals surface area contributed by atoms with Gasteiger partial charge < -0.3 is 10.0 Å². The molecular weight excluding hydrogens is 364 g/mol. The zero-order valence-electron chi connectivity index (χ0n) is 16.9. The minimum absolute atomic E-state index is 0.125. The molecule has 4 rings (SSSR count). The maximum Gasteiger partial charge on any atom is 0.225 e. The summed E-state index contributed by atoms with van der Waals surface area (Å²) in [6.07, 6.45) is 7.02. The van der Waals surface area contributed by atoms with Gasteiger partial charge in [-0.2, -0.15) is 10.2 Å². The van der Waals surface area contributed by atoms with Gasteiger partial charge >= 0.3 is 0 Å². The molecule has 2 saturated heterocycles. The van der Waals surface area contributed by atoms with Gasteiger partial charge in [-0.1, -0.05) is 30.3 Å². The molecule has 0 bridgehead atoms. The second-order valence-corrected chi connectivity index (χ2v) is 8.43. The van der Waals surface area contributed by atoms with Gasteiger partial charge in [0.2, 0.25) is 5.91 Å². The molecule has 0 radical (unpaired) electrons. The molecule has 154 valence electrons. The van der Waals surface area contributed by atoms with Crippen molar-refractivity contribution in [1.29, 1.82) is 0 Å². The molecule has 1 aromatic heterocycles.